The molecule has 0 bridgehead atoms. The third kappa shape index (κ3) is 5.17. The maximum Gasteiger partial charge on any atom is 0.220 e. The van der Waals surface area contributed by atoms with Crippen molar-refractivity contribution in [1.29, 1.82) is 0 Å². The number of carbonyl (C=O) groups is 1. The zero-order valence-electron chi connectivity index (χ0n) is 9.80. The van der Waals surface area contributed by atoms with E-state index >= 15 is 0 Å². The monoisotopic (exact) mass is 212 g/mol. The van der Waals surface area contributed by atoms with Crippen molar-refractivity contribution in [1.82, 2.24) is 5.32 Å². The Hall–Kier alpha value is -0.570. The van der Waals surface area contributed by atoms with Gasteiger partial charge in [-0.3, -0.25) is 4.79 Å². The average Bonchev–Trinajstić information content (AvgIpc) is 2.18. The van der Waals surface area contributed by atoms with Crippen LogP contribution in [-0.2, 0) is 4.79 Å². The topological polar surface area (TPSA) is 55.1 Å². The molecule has 0 spiro atoms. The van der Waals surface area contributed by atoms with Gasteiger partial charge in [0.2, 0.25) is 5.91 Å². The number of nitrogens with one attached hydrogen (secondary N) is 1. The minimum Gasteiger partial charge on any atom is -0.356 e. The van der Waals surface area contributed by atoms with Crippen LogP contribution < -0.4 is 11.1 Å². The quantitative estimate of drug-likeness (QED) is 0.683. The van der Waals surface area contributed by atoms with E-state index in [4.69, 9.17) is 5.73 Å². The lowest BCUT2D eigenvalue weighted by atomic mass is 9.84. The molecule has 0 aromatic rings. The zero-order valence-corrected chi connectivity index (χ0v) is 9.80. The number of nitrogens with two attached hydrogens (primary N) is 1. The van der Waals surface area contributed by atoms with Crippen LogP contribution in [0.5, 0.6) is 0 Å². The molecule has 88 valence electrons. The van der Waals surface area contributed by atoms with E-state index in [1.165, 1.54) is 12.8 Å². The van der Waals surface area contributed by atoms with E-state index in [-0.39, 0.29) is 5.91 Å². The lowest BCUT2D eigenvalue weighted by Gasteiger charge is -2.25. The molecule has 2 atom stereocenters. The molecule has 1 aliphatic carbocycles. The predicted octanol–water partition coefficient (Wildman–Crippen LogP) is 1.81. The minimum atomic E-state index is 0.211. The van der Waals surface area contributed by atoms with Crippen molar-refractivity contribution in [3.05, 3.63) is 0 Å². The molecule has 0 radical (unpaired) electrons. The van der Waals surface area contributed by atoms with Crippen LogP contribution in [0.15, 0.2) is 0 Å². The van der Waals surface area contributed by atoms with Gasteiger partial charge in [-0.1, -0.05) is 19.8 Å². The summed E-state index contributed by atoms with van der Waals surface area (Å²) in [5.74, 6) is 0.734. The number of hydrogen-bond donors (Lipinski definition) is 2. The van der Waals surface area contributed by atoms with Gasteiger partial charge in [-0.25, -0.2) is 0 Å². The summed E-state index contributed by atoms with van der Waals surface area (Å²) in [4.78, 5) is 11.5. The van der Waals surface area contributed by atoms with Crippen LogP contribution in [0.25, 0.3) is 0 Å². The molecule has 2 unspecified atom stereocenters. The highest BCUT2D eigenvalue weighted by atomic mass is 16.1. The van der Waals surface area contributed by atoms with Crippen LogP contribution in [0.3, 0.4) is 0 Å². The van der Waals surface area contributed by atoms with Crippen LogP contribution in [0.1, 0.15) is 51.9 Å². The van der Waals surface area contributed by atoms with Gasteiger partial charge in [-0.05, 0) is 31.6 Å². The van der Waals surface area contributed by atoms with E-state index in [0.29, 0.717) is 18.4 Å². The fourth-order valence-electron chi connectivity index (χ4n) is 2.26. The van der Waals surface area contributed by atoms with Crippen LogP contribution in [0.4, 0.5) is 0 Å². The Balaban J connectivity index is 2.13. The van der Waals surface area contributed by atoms with Gasteiger partial charge in [0.15, 0.2) is 0 Å². The van der Waals surface area contributed by atoms with Gasteiger partial charge < -0.3 is 11.1 Å². The fourth-order valence-corrected chi connectivity index (χ4v) is 2.26. The lowest BCUT2D eigenvalue weighted by molar-refractivity contribution is -0.122. The van der Waals surface area contributed by atoms with E-state index in [9.17, 15) is 4.79 Å². The molecule has 1 saturated carbocycles. The largest absolute Gasteiger partial charge is 0.356 e. The highest BCUT2D eigenvalue weighted by molar-refractivity contribution is 5.76. The second-order valence-corrected chi connectivity index (χ2v) is 4.70. The maximum absolute atomic E-state index is 11.5. The molecule has 1 aliphatic rings. The number of rotatable bonds is 5. The Kier molecular flexibility index (Phi) is 5.69. The van der Waals surface area contributed by atoms with E-state index in [1.807, 2.05) is 0 Å². The lowest BCUT2D eigenvalue weighted by Crippen LogP contribution is -2.32. The third-order valence-electron chi connectivity index (χ3n) is 3.15. The van der Waals surface area contributed by atoms with Crippen molar-refractivity contribution in [3.63, 3.8) is 0 Å². The summed E-state index contributed by atoms with van der Waals surface area (Å²) < 4.78 is 0. The van der Waals surface area contributed by atoms with Gasteiger partial charge in [0.05, 0.1) is 0 Å². The molecule has 0 aromatic carbocycles. The van der Waals surface area contributed by atoms with Crippen LogP contribution >= 0.6 is 0 Å². The van der Waals surface area contributed by atoms with E-state index in [1.54, 1.807) is 0 Å². The van der Waals surface area contributed by atoms with Crippen LogP contribution in [0.2, 0.25) is 0 Å². The second kappa shape index (κ2) is 6.83. The molecule has 15 heavy (non-hydrogen) atoms. The highest BCUT2D eigenvalue weighted by Gasteiger charge is 2.21. The Morgan fingerprint density at radius 1 is 1.47 bits per heavy atom. The summed E-state index contributed by atoms with van der Waals surface area (Å²) in [6, 6.07) is 0.326. The fraction of sp³-hybridized carbons (Fsp3) is 0.917. The second-order valence-electron chi connectivity index (χ2n) is 4.70. The van der Waals surface area contributed by atoms with Gasteiger partial charge in [0, 0.05) is 19.0 Å². The molecule has 3 nitrogen and oxygen atoms in total. The first-order valence-electron chi connectivity index (χ1n) is 6.24. The summed E-state index contributed by atoms with van der Waals surface area (Å²) in [7, 11) is 0. The summed E-state index contributed by atoms with van der Waals surface area (Å²) in [5, 5.41) is 2.97. The molecule has 1 amide bonds. The van der Waals surface area contributed by atoms with E-state index in [2.05, 4.69) is 12.2 Å². The highest BCUT2D eigenvalue weighted by Crippen LogP contribution is 2.25. The molecule has 0 aromatic heterocycles. The van der Waals surface area contributed by atoms with Gasteiger partial charge in [-0.2, -0.15) is 0 Å². The normalized spacial score (nSPS) is 26.3. The van der Waals surface area contributed by atoms with Crippen molar-refractivity contribution in [3.8, 4) is 0 Å². The van der Waals surface area contributed by atoms with Crippen molar-refractivity contribution >= 4 is 5.91 Å². The van der Waals surface area contributed by atoms with Crippen molar-refractivity contribution in [2.75, 3.05) is 6.54 Å². The number of carbonyl (C=O) groups excluding carboxylic acids is 1. The first kappa shape index (κ1) is 12.5. The summed E-state index contributed by atoms with van der Waals surface area (Å²) in [6.07, 6.45) is 7.42. The van der Waals surface area contributed by atoms with E-state index < -0.39 is 0 Å². The molecule has 0 aliphatic heterocycles. The SMILES string of the molecule is CCCCNC(=O)CC1CCCC(N)C1. The average molecular weight is 212 g/mol. The van der Waals surface area contributed by atoms with Crippen molar-refractivity contribution < 1.29 is 4.79 Å². The van der Waals surface area contributed by atoms with Crippen molar-refractivity contribution in [2.45, 2.75) is 57.9 Å². The number of hydrogen-bond acceptors (Lipinski definition) is 2. The maximum atomic E-state index is 11.5. The van der Waals surface area contributed by atoms with E-state index in [0.717, 1.165) is 32.2 Å². The Morgan fingerprint density at radius 3 is 2.93 bits per heavy atom. The number of unbranched alkanes of at least 4 members (excludes halogenated alkanes) is 1. The van der Waals surface area contributed by atoms with Gasteiger partial charge in [0.25, 0.3) is 0 Å². The standard InChI is InChI=1S/C12H24N2O/c1-2-3-7-14-12(15)9-10-5-4-6-11(13)8-10/h10-11H,2-9,13H2,1H3,(H,14,15). The predicted molar refractivity (Wildman–Crippen MR) is 62.5 cm³/mol. The Labute approximate surface area is 92.8 Å². The first-order chi connectivity index (χ1) is 7.22. The molecular weight excluding hydrogens is 188 g/mol. The zero-order chi connectivity index (χ0) is 11.1. The molecular formula is C12H24N2O. The molecule has 3 heteroatoms. The molecule has 0 saturated heterocycles. The molecule has 1 fully saturated rings. The molecule has 0 heterocycles. The van der Waals surface area contributed by atoms with Gasteiger partial charge in [0.1, 0.15) is 0 Å². The Morgan fingerprint density at radius 2 is 2.27 bits per heavy atom. The van der Waals surface area contributed by atoms with Gasteiger partial charge in [-0.15, -0.1) is 0 Å². The van der Waals surface area contributed by atoms with Crippen LogP contribution in [0, 0.1) is 5.92 Å². The number of amides is 1. The summed E-state index contributed by atoms with van der Waals surface area (Å²) in [6.45, 7) is 2.96. The molecule has 3 N–H and O–H groups in total. The third-order valence-corrected chi connectivity index (χ3v) is 3.15. The van der Waals surface area contributed by atoms with Crippen molar-refractivity contribution in [2.24, 2.45) is 11.7 Å². The smallest absolute Gasteiger partial charge is 0.220 e. The first-order valence-corrected chi connectivity index (χ1v) is 6.24. The van der Waals surface area contributed by atoms with Gasteiger partial charge >= 0.3 is 0 Å². The minimum absolute atomic E-state index is 0.211. The molecule has 1 rings (SSSR count). The summed E-state index contributed by atoms with van der Waals surface area (Å²) in [5.41, 5.74) is 5.89. The Bertz CT molecular complexity index is 194. The summed E-state index contributed by atoms with van der Waals surface area (Å²) >= 11 is 0. The van der Waals surface area contributed by atoms with Crippen LogP contribution in [-0.4, -0.2) is 18.5 Å².